The van der Waals surface area contributed by atoms with Crippen LogP contribution < -0.4 is 5.32 Å². The highest BCUT2D eigenvalue weighted by molar-refractivity contribution is 5.88. The van der Waals surface area contributed by atoms with Gasteiger partial charge in [0.1, 0.15) is 24.0 Å². The number of nitrogens with one attached hydrogen (secondary N) is 1. The van der Waals surface area contributed by atoms with Gasteiger partial charge in [0, 0.05) is 19.8 Å². The van der Waals surface area contributed by atoms with Crippen LogP contribution in [0.5, 0.6) is 0 Å². The van der Waals surface area contributed by atoms with Gasteiger partial charge < -0.3 is 15.0 Å². The quantitative estimate of drug-likeness (QED) is 0.790. The normalized spacial score (nSPS) is 12.3. The SMILES string of the molecule is CC(NCc1ncncc1C(=O)O)c1nncn1C. The van der Waals surface area contributed by atoms with Crippen molar-refractivity contribution in [1.82, 2.24) is 30.0 Å². The zero-order chi connectivity index (χ0) is 13.8. The summed E-state index contributed by atoms with van der Waals surface area (Å²) < 4.78 is 1.80. The van der Waals surface area contributed by atoms with E-state index in [1.165, 1.54) is 12.5 Å². The maximum Gasteiger partial charge on any atom is 0.339 e. The first-order valence-corrected chi connectivity index (χ1v) is 5.69. The Bertz CT molecular complexity index is 582. The summed E-state index contributed by atoms with van der Waals surface area (Å²) in [6, 6.07) is -0.0656. The second-order valence-corrected chi connectivity index (χ2v) is 4.09. The maximum atomic E-state index is 11.0. The van der Waals surface area contributed by atoms with Crippen molar-refractivity contribution in [2.45, 2.75) is 19.5 Å². The number of carbonyl (C=O) groups is 1. The van der Waals surface area contributed by atoms with Gasteiger partial charge in [-0.3, -0.25) is 0 Å². The third kappa shape index (κ3) is 2.91. The Labute approximate surface area is 109 Å². The first-order chi connectivity index (χ1) is 9.09. The summed E-state index contributed by atoms with van der Waals surface area (Å²) in [4.78, 5) is 18.7. The van der Waals surface area contributed by atoms with Crippen LogP contribution in [0.2, 0.25) is 0 Å². The van der Waals surface area contributed by atoms with Crippen molar-refractivity contribution in [3.05, 3.63) is 35.9 Å². The molecule has 0 spiro atoms. The van der Waals surface area contributed by atoms with Gasteiger partial charge in [-0.15, -0.1) is 10.2 Å². The standard InChI is InChI=1S/C11H14N6O2/c1-7(10-16-15-6-17(10)2)13-4-9-8(11(18)19)3-12-5-14-9/h3,5-7,13H,4H2,1-2H3,(H,18,19). The van der Waals surface area contributed by atoms with Crippen LogP contribution in [0, 0.1) is 0 Å². The lowest BCUT2D eigenvalue weighted by molar-refractivity contribution is 0.0694. The highest BCUT2D eigenvalue weighted by Crippen LogP contribution is 2.10. The van der Waals surface area contributed by atoms with Gasteiger partial charge in [0.25, 0.3) is 0 Å². The Morgan fingerprint density at radius 2 is 2.37 bits per heavy atom. The van der Waals surface area contributed by atoms with Crippen LogP contribution in [0.25, 0.3) is 0 Å². The molecule has 2 heterocycles. The van der Waals surface area contributed by atoms with Crippen molar-refractivity contribution in [3.63, 3.8) is 0 Å². The van der Waals surface area contributed by atoms with Gasteiger partial charge in [-0.1, -0.05) is 0 Å². The van der Waals surface area contributed by atoms with Gasteiger partial charge >= 0.3 is 5.97 Å². The van der Waals surface area contributed by atoms with E-state index in [1.54, 1.807) is 10.9 Å². The Kier molecular flexibility index (Phi) is 3.81. The number of rotatable bonds is 5. The molecule has 100 valence electrons. The van der Waals surface area contributed by atoms with E-state index >= 15 is 0 Å². The van der Waals surface area contributed by atoms with E-state index in [0.717, 1.165) is 5.82 Å². The van der Waals surface area contributed by atoms with E-state index in [1.807, 2.05) is 14.0 Å². The zero-order valence-corrected chi connectivity index (χ0v) is 10.6. The number of hydrogen-bond acceptors (Lipinski definition) is 6. The maximum absolute atomic E-state index is 11.0. The van der Waals surface area contributed by atoms with Crippen LogP contribution in [-0.2, 0) is 13.6 Å². The van der Waals surface area contributed by atoms with Crippen molar-refractivity contribution >= 4 is 5.97 Å². The van der Waals surface area contributed by atoms with E-state index in [9.17, 15) is 4.79 Å². The molecule has 0 saturated carbocycles. The first kappa shape index (κ1) is 13.1. The minimum atomic E-state index is -1.04. The van der Waals surface area contributed by atoms with E-state index < -0.39 is 5.97 Å². The molecule has 2 aromatic rings. The number of aromatic nitrogens is 5. The van der Waals surface area contributed by atoms with Gasteiger partial charge in [-0.25, -0.2) is 14.8 Å². The molecule has 8 heteroatoms. The molecule has 0 aromatic carbocycles. The van der Waals surface area contributed by atoms with Gasteiger partial charge in [-0.2, -0.15) is 0 Å². The topological polar surface area (TPSA) is 106 Å². The van der Waals surface area contributed by atoms with Crippen LogP contribution in [0.4, 0.5) is 0 Å². The molecular formula is C11H14N6O2. The summed E-state index contributed by atoms with van der Waals surface area (Å²) >= 11 is 0. The van der Waals surface area contributed by atoms with Crippen LogP contribution in [-0.4, -0.2) is 35.8 Å². The Morgan fingerprint density at radius 1 is 1.58 bits per heavy atom. The fourth-order valence-corrected chi connectivity index (χ4v) is 1.70. The van der Waals surface area contributed by atoms with Crippen molar-refractivity contribution < 1.29 is 9.90 Å². The molecule has 19 heavy (non-hydrogen) atoms. The van der Waals surface area contributed by atoms with Gasteiger partial charge in [-0.05, 0) is 6.92 Å². The third-order valence-corrected chi connectivity index (χ3v) is 2.73. The lowest BCUT2D eigenvalue weighted by Gasteiger charge is -2.13. The molecule has 1 atom stereocenters. The zero-order valence-electron chi connectivity index (χ0n) is 10.6. The Balaban J connectivity index is 2.07. The number of carboxylic acid groups (broad SMARTS) is 1. The van der Waals surface area contributed by atoms with E-state index in [-0.39, 0.29) is 11.6 Å². The molecule has 0 saturated heterocycles. The summed E-state index contributed by atoms with van der Waals surface area (Å²) in [5.74, 6) is -0.269. The van der Waals surface area contributed by atoms with E-state index in [0.29, 0.717) is 12.2 Å². The lowest BCUT2D eigenvalue weighted by atomic mass is 10.2. The Morgan fingerprint density at radius 3 is 3.00 bits per heavy atom. The number of aryl methyl sites for hydroxylation is 1. The largest absolute Gasteiger partial charge is 0.478 e. The fourth-order valence-electron chi connectivity index (χ4n) is 1.70. The molecule has 2 N–H and O–H groups in total. The molecule has 2 aromatic heterocycles. The van der Waals surface area contributed by atoms with Crippen LogP contribution in [0.1, 0.15) is 34.8 Å². The molecule has 0 bridgehead atoms. The highest BCUT2D eigenvalue weighted by Gasteiger charge is 2.14. The smallest absolute Gasteiger partial charge is 0.339 e. The average molecular weight is 262 g/mol. The summed E-state index contributed by atoms with van der Waals surface area (Å²) in [6.07, 6.45) is 4.23. The van der Waals surface area contributed by atoms with Crippen molar-refractivity contribution in [3.8, 4) is 0 Å². The highest BCUT2D eigenvalue weighted by atomic mass is 16.4. The summed E-state index contributed by atoms with van der Waals surface area (Å²) in [5, 5.41) is 20.0. The molecule has 0 aliphatic heterocycles. The van der Waals surface area contributed by atoms with Crippen LogP contribution >= 0.6 is 0 Å². The number of carboxylic acids is 1. The third-order valence-electron chi connectivity index (χ3n) is 2.73. The van der Waals surface area contributed by atoms with E-state index in [4.69, 9.17) is 5.11 Å². The molecule has 2 rings (SSSR count). The molecule has 0 fully saturated rings. The average Bonchev–Trinajstić information content (AvgIpc) is 2.82. The van der Waals surface area contributed by atoms with Gasteiger partial charge in [0.05, 0.1) is 11.7 Å². The first-order valence-electron chi connectivity index (χ1n) is 5.69. The predicted molar refractivity (Wildman–Crippen MR) is 65.2 cm³/mol. The summed E-state index contributed by atoms with van der Waals surface area (Å²) in [6.45, 7) is 2.24. The Hall–Kier alpha value is -2.35. The number of aromatic carboxylic acids is 1. The van der Waals surface area contributed by atoms with Crippen LogP contribution in [0.15, 0.2) is 18.9 Å². The molecule has 8 nitrogen and oxygen atoms in total. The van der Waals surface area contributed by atoms with E-state index in [2.05, 4.69) is 25.5 Å². The molecule has 0 aliphatic rings. The monoisotopic (exact) mass is 262 g/mol. The predicted octanol–water partition coefficient (Wildman–Crippen LogP) is 0.154. The molecule has 1 unspecified atom stereocenters. The van der Waals surface area contributed by atoms with Crippen molar-refractivity contribution in [1.29, 1.82) is 0 Å². The summed E-state index contributed by atoms with van der Waals surface area (Å²) in [5.41, 5.74) is 0.539. The second kappa shape index (κ2) is 5.53. The van der Waals surface area contributed by atoms with Crippen molar-refractivity contribution in [2.24, 2.45) is 7.05 Å². The number of nitrogens with zero attached hydrogens (tertiary/aromatic N) is 5. The molecule has 0 amide bonds. The minimum Gasteiger partial charge on any atom is -0.478 e. The molecule has 0 radical (unpaired) electrons. The lowest BCUT2D eigenvalue weighted by Crippen LogP contribution is -2.23. The van der Waals surface area contributed by atoms with Crippen LogP contribution in [0.3, 0.4) is 0 Å². The molecule has 0 aliphatic carbocycles. The second-order valence-electron chi connectivity index (χ2n) is 4.09. The summed E-state index contributed by atoms with van der Waals surface area (Å²) in [7, 11) is 1.85. The van der Waals surface area contributed by atoms with Gasteiger partial charge in [0.15, 0.2) is 0 Å². The van der Waals surface area contributed by atoms with Crippen molar-refractivity contribution in [2.75, 3.05) is 0 Å². The van der Waals surface area contributed by atoms with Gasteiger partial charge in [0.2, 0.25) is 0 Å². The number of hydrogen-bond donors (Lipinski definition) is 2. The minimum absolute atomic E-state index is 0.0656. The fraction of sp³-hybridized carbons (Fsp3) is 0.364. The molecular weight excluding hydrogens is 248 g/mol.